The Morgan fingerprint density at radius 3 is 2.67 bits per heavy atom. The van der Waals surface area contributed by atoms with Gasteiger partial charge in [0.05, 0.1) is 0 Å². The lowest BCUT2D eigenvalue weighted by atomic mass is 10.1. The Hall–Kier alpha value is -1.26. The Kier molecular flexibility index (Phi) is 4.99. The first kappa shape index (κ1) is 14.7. The average Bonchev–Trinajstić information content (AvgIpc) is 3.05. The molecule has 0 radical (unpaired) electrons. The Labute approximate surface area is 127 Å². The lowest BCUT2D eigenvalue weighted by molar-refractivity contribution is 0.171. The van der Waals surface area contributed by atoms with Gasteiger partial charge in [0.1, 0.15) is 13.2 Å². The fraction of sp³-hybridized carbons (Fsp3) is 0.647. The molecule has 1 saturated heterocycles. The van der Waals surface area contributed by atoms with E-state index in [9.17, 15) is 0 Å². The van der Waals surface area contributed by atoms with E-state index in [0.717, 1.165) is 24.6 Å². The molecule has 1 aromatic carbocycles. The molecule has 2 heterocycles. The smallest absolute Gasteiger partial charge is 0.161 e. The molecule has 1 atom stereocenters. The van der Waals surface area contributed by atoms with Crippen molar-refractivity contribution in [3.63, 3.8) is 0 Å². The van der Waals surface area contributed by atoms with Crippen molar-refractivity contribution in [2.75, 3.05) is 32.8 Å². The summed E-state index contributed by atoms with van der Waals surface area (Å²) in [5, 5.41) is 3.60. The zero-order valence-electron chi connectivity index (χ0n) is 12.9. The number of fused-ring (bicyclic) bond motifs is 1. The van der Waals surface area contributed by atoms with Crippen LogP contribution >= 0.6 is 0 Å². The summed E-state index contributed by atoms with van der Waals surface area (Å²) in [7, 11) is 0. The van der Waals surface area contributed by atoms with Gasteiger partial charge in [0.25, 0.3) is 0 Å². The number of ether oxygens (including phenoxy) is 2. The highest BCUT2D eigenvalue weighted by atomic mass is 16.6. The molecule has 21 heavy (non-hydrogen) atoms. The van der Waals surface area contributed by atoms with Crippen molar-refractivity contribution in [1.29, 1.82) is 0 Å². The van der Waals surface area contributed by atoms with E-state index in [1.807, 2.05) is 6.07 Å². The minimum absolute atomic E-state index is 0.650. The first-order valence-electron chi connectivity index (χ1n) is 8.20. The van der Waals surface area contributed by atoms with Crippen LogP contribution < -0.4 is 14.8 Å². The summed E-state index contributed by atoms with van der Waals surface area (Å²) in [6.07, 6.45) is 3.94. The van der Waals surface area contributed by atoms with Gasteiger partial charge in [-0.1, -0.05) is 13.0 Å². The number of rotatable bonds is 6. The molecule has 2 aliphatic rings. The Balaban J connectivity index is 1.50. The third-order valence-corrected chi connectivity index (χ3v) is 4.44. The molecule has 0 saturated carbocycles. The van der Waals surface area contributed by atoms with Gasteiger partial charge in [-0.05, 0) is 50.0 Å². The number of likely N-dealkylation sites (tertiary alicyclic amines) is 1. The van der Waals surface area contributed by atoms with E-state index < -0.39 is 0 Å². The quantitative estimate of drug-likeness (QED) is 0.872. The fourth-order valence-electron chi connectivity index (χ4n) is 3.22. The maximum absolute atomic E-state index is 5.63. The average molecular weight is 290 g/mol. The van der Waals surface area contributed by atoms with Crippen LogP contribution in [-0.2, 0) is 6.54 Å². The topological polar surface area (TPSA) is 33.7 Å². The molecule has 1 fully saturated rings. The lowest BCUT2D eigenvalue weighted by Gasteiger charge is -2.26. The fourth-order valence-corrected chi connectivity index (χ4v) is 3.22. The highest BCUT2D eigenvalue weighted by Crippen LogP contribution is 2.30. The number of benzene rings is 1. The van der Waals surface area contributed by atoms with Gasteiger partial charge in [0, 0.05) is 19.1 Å². The zero-order chi connectivity index (χ0) is 14.5. The number of nitrogens with zero attached hydrogens (tertiary/aromatic N) is 1. The van der Waals surface area contributed by atoms with Crippen molar-refractivity contribution in [1.82, 2.24) is 10.2 Å². The van der Waals surface area contributed by atoms with E-state index in [1.165, 1.54) is 37.9 Å². The van der Waals surface area contributed by atoms with Gasteiger partial charge in [-0.25, -0.2) is 0 Å². The van der Waals surface area contributed by atoms with Crippen molar-refractivity contribution in [2.45, 2.75) is 38.8 Å². The monoisotopic (exact) mass is 290 g/mol. The van der Waals surface area contributed by atoms with E-state index in [0.29, 0.717) is 19.3 Å². The normalized spacial score (nSPS) is 19.7. The van der Waals surface area contributed by atoms with Crippen LogP contribution in [0.3, 0.4) is 0 Å². The standard InChI is InChI=1S/C17H26N2O2/c1-2-15(19-7-3-4-8-19)13-18-12-14-5-6-16-17(11-14)21-10-9-20-16/h5-6,11,15,18H,2-4,7-10,12-13H2,1H3/t15-/m1/s1. The molecule has 4 nitrogen and oxygen atoms in total. The number of nitrogens with one attached hydrogen (secondary N) is 1. The zero-order valence-corrected chi connectivity index (χ0v) is 12.9. The van der Waals surface area contributed by atoms with E-state index in [-0.39, 0.29) is 0 Å². The minimum Gasteiger partial charge on any atom is -0.486 e. The molecule has 3 rings (SSSR count). The first-order chi connectivity index (χ1) is 10.4. The maximum Gasteiger partial charge on any atom is 0.161 e. The third kappa shape index (κ3) is 3.69. The van der Waals surface area contributed by atoms with Crippen LogP contribution in [0.4, 0.5) is 0 Å². The Morgan fingerprint density at radius 2 is 1.90 bits per heavy atom. The van der Waals surface area contributed by atoms with E-state index in [1.54, 1.807) is 0 Å². The molecule has 0 amide bonds. The molecule has 0 unspecified atom stereocenters. The molecule has 1 N–H and O–H groups in total. The van der Waals surface area contributed by atoms with Crippen molar-refractivity contribution in [3.05, 3.63) is 23.8 Å². The second-order valence-electron chi connectivity index (χ2n) is 5.91. The van der Waals surface area contributed by atoms with E-state index in [2.05, 4.69) is 29.3 Å². The third-order valence-electron chi connectivity index (χ3n) is 4.44. The second kappa shape index (κ2) is 7.14. The summed E-state index contributed by atoms with van der Waals surface area (Å²) in [6, 6.07) is 6.91. The molecule has 1 aromatic rings. The highest BCUT2D eigenvalue weighted by molar-refractivity contribution is 5.43. The molecule has 0 aromatic heterocycles. The summed E-state index contributed by atoms with van der Waals surface area (Å²) >= 11 is 0. The van der Waals surface area contributed by atoms with Crippen LogP contribution in [0.15, 0.2) is 18.2 Å². The summed E-state index contributed by atoms with van der Waals surface area (Å²) in [5.41, 5.74) is 1.26. The van der Waals surface area contributed by atoms with Crippen molar-refractivity contribution >= 4 is 0 Å². The van der Waals surface area contributed by atoms with E-state index in [4.69, 9.17) is 9.47 Å². The first-order valence-corrected chi connectivity index (χ1v) is 8.20. The van der Waals surface area contributed by atoms with Gasteiger partial charge < -0.3 is 14.8 Å². The molecule has 0 spiro atoms. The summed E-state index contributed by atoms with van der Waals surface area (Å²) in [5.74, 6) is 1.75. The summed E-state index contributed by atoms with van der Waals surface area (Å²) in [4.78, 5) is 2.62. The predicted octanol–water partition coefficient (Wildman–Crippen LogP) is 2.42. The molecule has 2 aliphatic heterocycles. The molecule has 4 heteroatoms. The van der Waals surface area contributed by atoms with Gasteiger partial charge in [-0.2, -0.15) is 0 Å². The number of hydrogen-bond donors (Lipinski definition) is 1. The van der Waals surface area contributed by atoms with Gasteiger partial charge >= 0.3 is 0 Å². The summed E-state index contributed by atoms with van der Waals surface area (Å²) in [6.45, 7) is 8.07. The maximum atomic E-state index is 5.63. The van der Waals surface area contributed by atoms with Crippen molar-refractivity contribution in [3.8, 4) is 11.5 Å². The highest BCUT2D eigenvalue weighted by Gasteiger charge is 2.19. The van der Waals surface area contributed by atoms with Gasteiger partial charge in [-0.15, -0.1) is 0 Å². The lowest BCUT2D eigenvalue weighted by Crippen LogP contribution is -2.40. The van der Waals surface area contributed by atoms with Crippen molar-refractivity contribution < 1.29 is 9.47 Å². The summed E-state index contributed by atoms with van der Waals surface area (Å²) < 4.78 is 11.2. The molecular weight excluding hydrogens is 264 g/mol. The van der Waals surface area contributed by atoms with Crippen LogP contribution in [0, 0.1) is 0 Å². The van der Waals surface area contributed by atoms with Crippen LogP contribution in [0.1, 0.15) is 31.7 Å². The van der Waals surface area contributed by atoms with Crippen LogP contribution in [-0.4, -0.2) is 43.8 Å². The predicted molar refractivity (Wildman–Crippen MR) is 84.0 cm³/mol. The molecule has 0 bridgehead atoms. The van der Waals surface area contributed by atoms with Gasteiger partial charge in [-0.3, -0.25) is 4.90 Å². The van der Waals surface area contributed by atoms with Gasteiger partial charge in [0.2, 0.25) is 0 Å². The van der Waals surface area contributed by atoms with Crippen LogP contribution in [0.2, 0.25) is 0 Å². The Bertz CT molecular complexity index is 458. The van der Waals surface area contributed by atoms with Gasteiger partial charge in [0.15, 0.2) is 11.5 Å². The molecule has 0 aliphatic carbocycles. The van der Waals surface area contributed by atoms with Crippen LogP contribution in [0.25, 0.3) is 0 Å². The second-order valence-corrected chi connectivity index (χ2v) is 5.91. The Morgan fingerprint density at radius 1 is 1.14 bits per heavy atom. The van der Waals surface area contributed by atoms with E-state index >= 15 is 0 Å². The van der Waals surface area contributed by atoms with Crippen molar-refractivity contribution in [2.24, 2.45) is 0 Å². The van der Waals surface area contributed by atoms with Crippen LogP contribution in [0.5, 0.6) is 11.5 Å². The minimum atomic E-state index is 0.650. The molecule has 116 valence electrons. The largest absolute Gasteiger partial charge is 0.486 e. The number of hydrogen-bond acceptors (Lipinski definition) is 4. The SMILES string of the molecule is CC[C@H](CNCc1ccc2c(c1)OCCO2)N1CCCC1. The molecular formula is C17H26N2O2.